The predicted molar refractivity (Wildman–Crippen MR) is 152 cm³/mol. The number of hydrogen-bond donors (Lipinski definition) is 1. The molecule has 1 amide bonds. The summed E-state index contributed by atoms with van der Waals surface area (Å²) in [7, 11) is 0. The van der Waals surface area contributed by atoms with E-state index in [2.05, 4.69) is 5.32 Å². The normalized spacial score (nSPS) is 10.8. The van der Waals surface area contributed by atoms with E-state index < -0.39 is 16.8 Å². The second kappa shape index (κ2) is 12.7. The summed E-state index contributed by atoms with van der Waals surface area (Å²) in [5.74, 6) is -0.283. The van der Waals surface area contributed by atoms with E-state index in [0.717, 1.165) is 16.0 Å². The SMILES string of the molecule is CCOC(=O)c1c(NC(=O)/C=C/c2ccc(OCc3ccccc3)cc2)sc(C)c1-c1ccc([N+](=O)[O-])cc1. The van der Waals surface area contributed by atoms with Crippen LogP contribution in [-0.4, -0.2) is 23.4 Å². The number of carbonyl (C=O) groups excluding carboxylic acids is 2. The van der Waals surface area contributed by atoms with Crippen molar-refractivity contribution in [2.75, 3.05) is 11.9 Å². The van der Waals surface area contributed by atoms with Gasteiger partial charge in [-0.3, -0.25) is 14.9 Å². The highest BCUT2D eigenvalue weighted by molar-refractivity contribution is 7.17. The van der Waals surface area contributed by atoms with Crippen LogP contribution in [0.5, 0.6) is 5.75 Å². The quantitative estimate of drug-likeness (QED) is 0.0997. The largest absolute Gasteiger partial charge is 0.489 e. The van der Waals surface area contributed by atoms with Gasteiger partial charge < -0.3 is 14.8 Å². The van der Waals surface area contributed by atoms with Crippen molar-refractivity contribution in [2.45, 2.75) is 20.5 Å². The van der Waals surface area contributed by atoms with Gasteiger partial charge >= 0.3 is 5.97 Å². The molecule has 0 radical (unpaired) electrons. The molecule has 0 saturated heterocycles. The molecule has 0 spiro atoms. The molecule has 1 heterocycles. The van der Waals surface area contributed by atoms with Crippen LogP contribution in [-0.2, 0) is 16.1 Å². The summed E-state index contributed by atoms with van der Waals surface area (Å²) < 4.78 is 11.1. The van der Waals surface area contributed by atoms with Gasteiger partial charge in [-0.2, -0.15) is 0 Å². The fourth-order valence-corrected chi connectivity index (χ4v) is 4.94. The molecular weight excluding hydrogens is 516 g/mol. The van der Waals surface area contributed by atoms with E-state index in [4.69, 9.17) is 9.47 Å². The lowest BCUT2D eigenvalue weighted by Crippen LogP contribution is -2.12. The Labute approximate surface area is 229 Å². The molecule has 0 aliphatic carbocycles. The van der Waals surface area contributed by atoms with Gasteiger partial charge in [0.15, 0.2) is 0 Å². The van der Waals surface area contributed by atoms with Gasteiger partial charge in [0, 0.05) is 28.6 Å². The van der Waals surface area contributed by atoms with Crippen molar-refractivity contribution in [2.24, 2.45) is 0 Å². The first-order valence-corrected chi connectivity index (χ1v) is 13.0. The highest BCUT2D eigenvalue weighted by Gasteiger charge is 2.25. The van der Waals surface area contributed by atoms with Gasteiger partial charge in [-0.15, -0.1) is 11.3 Å². The van der Waals surface area contributed by atoms with Crippen LogP contribution < -0.4 is 10.1 Å². The molecule has 0 aliphatic heterocycles. The average molecular weight is 543 g/mol. The van der Waals surface area contributed by atoms with Crippen molar-refractivity contribution in [3.8, 4) is 16.9 Å². The zero-order chi connectivity index (χ0) is 27.8. The number of esters is 1. The zero-order valence-electron chi connectivity index (χ0n) is 21.4. The molecule has 4 aromatic rings. The minimum absolute atomic E-state index is 0.0567. The Morgan fingerprint density at radius 2 is 1.69 bits per heavy atom. The summed E-state index contributed by atoms with van der Waals surface area (Å²) in [5, 5.41) is 14.2. The van der Waals surface area contributed by atoms with Crippen LogP contribution in [0.15, 0.2) is 84.9 Å². The van der Waals surface area contributed by atoms with Gasteiger partial charge in [-0.1, -0.05) is 42.5 Å². The van der Waals surface area contributed by atoms with Crippen LogP contribution in [0.1, 0.15) is 33.3 Å². The molecule has 9 heteroatoms. The maximum Gasteiger partial charge on any atom is 0.341 e. The van der Waals surface area contributed by atoms with Crippen molar-refractivity contribution in [1.82, 2.24) is 0 Å². The summed E-state index contributed by atoms with van der Waals surface area (Å²) in [6.45, 7) is 4.13. The zero-order valence-corrected chi connectivity index (χ0v) is 22.2. The van der Waals surface area contributed by atoms with Crippen LogP contribution in [0.25, 0.3) is 17.2 Å². The van der Waals surface area contributed by atoms with Crippen molar-refractivity contribution >= 4 is 40.0 Å². The fraction of sp³-hybridized carbons (Fsp3) is 0.133. The number of amides is 1. The highest BCUT2D eigenvalue weighted by Crippen LogP contribution is 2.41. The minimum atomic E-state index is -0.583. The van der Waals surface area contributed by atoms with Crippen LogP contribution in [0, 0.1) is 17.0 Å². The average Bonchev–Trinajstić information content (AvgIpc) is 3.27. The van der Waals surface area contributed by atoms with Gasteiger partial charge in [0.05, 0.1) is 11.5 Å². The van der Waals surface area contributed by atoms with Crippen molar-refractivity contribution in [1.29, 1.82) is 0 Å². The summed E-state index contributed by atoms with van der Waals surface area (Å²) >= 11 is 1.24. The Morgan fingerprint density at radius 1 is 1.00 bits per heavy atom. The molecule has 39 heavy (non-hydrogen) atoms. The number of non-ortho nitro benzene ring substituents is 1. The second-order valence-electron chi connectivity index (χ2n) is 8.43. The molecule has 0 atom stereocenters. The fourth-order valence-electron chi connectivity index (χ4n) is 3.87. The van der Waals surface area contributed by atoms with E-state index in [-0.39, 0.29) is 17.9 Å². The molecule has 4 rings (SSSR count). The Morgan fingerprint density at radius 3 is 2.33 bits per heavy atom. The number of nitrogens with zero attached hydrogens (tertiary/aromatic N) is 1. The smallest absolute Gasteiger partial charge is 0.341 e. The van der Waals surface area contributed by atoms with Crippen molar-refractivity contribution in [3.05, 3.63) is 117 Å². The first-order chi connectivity index (χ1) is 18.9. The molecule has 1 N–H and O–H groups in total. The lowest BCUT2D eigenvalue weighted by molar-refractivity contribution is -0.384. The molecule has 8 nitrogen and oxygen atoms in total. The predicted octanol–water partition coefficient (Wildman–Crippen LogP) is 7.04. The van der Waals surface area contributed by atoms with Crippen molar-refractivity contribution in [3.63, 3.8) is 0 Å². The molecule has 0 saturated carbocycles. The molecule has 1 aromatic heterocycles. The minimum Gasteiger partial charge on any atom is -0.489 e. The highest BCUT2D eigenvalue weighted by atomic mass is 32.1. The number of aryl methyl sites for hydroxylation is 1. The first-order valence-electron chi connectivity index (χ1n) is 12.2. The maximum atomic E-state index is 12.9. The van der Waals surface area contributed by atoms with E-state index in [1.807, 2.05) is 61.5 Å². The Balaban J connectivity index is 1.48. The van der Waals surface area contributed by atoms with Crippen molar-refractivity contribution < 1.29 is 24.0 Å². The number of rotatable bonds is 10. The van der Waals surface area contributed by atoms with Gasteiger partial charge in [-0.05, 0) is 60.9 Å². The summed E-state index contributed by atoms with van der Waals surface area (Å²) in [6.07, 6.45) is 3.05. The summed E-state index contributed by atoms with van der Waals surface area (Å²) in [4.78, 5) is 37.0. The number of nitro benzene ring substituents is 1. The third-order valence-electron chi connectivity index (χ3n) is 5.72. The summed E-state index contributed by atoms with van der Waals surface area (Å²) in [6, 6.07) is 23.1. The van der Waals surface area contributed by atoms with Crippen LogP contribution >= 0.6 is 11.3 Å². The molecule has 198 valence electrons. The molecule has 3 aromatic carbocycles. The van der Waals surface area contributed by atoms with Crippen LogP contribution in [0.3, 0.4) is 0 Å². The van der Waals surface area contributed by atoms with Crippen LogP contribution in [0.2, 0.25) is 0 Å². The number of hydrogen-bond acceptors (Lipinski definition) is 7. The van der Waals surface area contributed by atoms with Gasteiger partial charge in [0.1, 0.15) is 22.9 Å². The topological polar surface area (TPSA) is 108 Å². The van der Waals surface area contributed by atoms with E-state index in [9.17, 15) is 19.7 Å². The van der Waals surface area contributed by atoms with E-state index in [0.29, 0.717) is 28.5 Å². The molecule has 0 bridgehead atoms. The Hall–Kier alpha value is -4.76. The standard InChI is InChI=1S/C30H26N2O6S/c1-3-37-30(34)28-27(23-12-14-24(15-13-23)32(35)36)20(2)39-29(28)31-26(33)18-11-21-9-16-25(17-10-21)38-19-22-7-5-4-6-8-22/h4-18H,3,19H2,1-2H3,(H,31,33)/b18-11+. The lowest BCUT2D eigenvalue weighted by atomic mass is 10.0. The second-order valence-corrected chi connectivity index (χ2v) is 9.65. The first kappa shape index (κ1) is 27.3. The number of thiophene rings is 1. The van der Waals surface area contributed by atoms with Crippen LogP contribution in [0.4, 0.5) is 10.7 Å². The number of carbonyl (C=O) groups is 2. The summed E-state index contributed by atoms with van der Waals surface area (Å²) in [5.41, 5.74) is 3.22. The number of nitro groups is 1. The number of anilines is 1. The number of ether oxygens (including phenoxy) is 2. The molecular formula is C30H26N2O6S. The third kappa shape index (κ3) is 6.97. The Kier molecular flexibility index (Phi) is 8.86. The number of nitrogens with one attached hydrogen (secondary N) is 1. The van der Waals surface area contributed by atoms with E-state index in [1.165, 1.54) is 29.5 Å². The monoisotopic (exact) mass is 542 g/mol. The van der Waals surface area contributed by atoms with Gasteiger partial charge in [0.25, 0.3) is 5.69 Å². The lowest BCUT2D eigenvalue weighted by Gasteiger charge is -2.08. The Bertz CT molecular complexity index is 1490. The maximum absolute atomic E-state index is 12.9. The van der Waals surface area contributed by atoms with Gasteiger partial charge in [-0.25, -0.2) is 4.79 Å². The molecule has 0 aliphatic rings. The van der Waals surface area contributed by atoms with E-state index >= 15 is 0 Å². The van der Waals surface area contributed by atoms with Gasteiger partial charge in [0.2, 0.25) is 5.91 Å². The molecule has 0 fully saturated rings. The molecule has 0 unspecified atom stereocenters. The van der Waals surface area contributed by atoms with E-state index in [1.54, 1.807) is 25.1 Å². The number of benzene rings is 3. The third-order valence-corrected chi connectivity index (χ3v) is 6.74.